The molecule has 1 atom stereocenters. The Morgan fingerprint density at radius 2 is 2.36 bits per heavy atom. The first-order chi connectivity index (χ1) is 10.5. The summed E-state index contributed by atoms with van der Waals surface area (Å²) >= 11 is 0. The van der Waals surface area contributed by atoms with Crippen LogP contribution in [-0.4, -0.2) is 22.3 Å². The molecule has 116 valence electrons. The average molecular weight is 303 g/mol. The fraction of sp³-hybridized carbons (Fsp3) is 0.375. The van der Waals surface area contributed by atoms with Gasteiger partial charge < -0.3 is 10.1 Å². The van der Waals surface area contributed by atoms with Gasteiger partial charge in [0.05, 0.1) is 24.8 Å². The number of ether oxygens (including phenoxy) is 1. The first-order valence-electron chi connectivity index (χ1n) is 7.24. The molecular weight excluding hydrogens is 285 g/mol. The van der Waals surface area contributed by atoms with Crippen LogP contribution in [0, 0.1) is 12.7 Å². The summed E-state index contributed by atoms with van der Waals surface area (Å²) in [6.07, 6.45) is 2.74. The van der Waals surface area contributed by atoms with Crippen molar-refractivity contribution in [2.75, 3.05) is 6.61 Å². The minimum atomic E-state index is -0.389. The molecule has 1 aliphatic rings. The quantitative estimate of drug-likeness (QED) is 0.944. The van der Waals surface area contributed by atoms with Gasteiger partial charge >= 0.3 is 0 Å². The lowest BCUT2D eigenvalue weighted by molar-refractivity contribution is -0.121. The van der Waals surface area contributed by atoms with Crippen LogP contribution in [0.4, 0.5) is 4.39 Å². The molecule has 2 heterocycles. The van der Waals surface area contributed by atoms with E-state index in [0.29, 0.717) is 18.6 Å². The van der Waals surface area contributed by atoms with Gasteiger partial charge in [-0.2, -0.15) is 5.10 Å². The lowest BCUT2D eigenvalue weighted by Crippen LogP contribution is -2.33. The van der Waals surface area contributed by atoms with E-state index >= 15 is 0 Å². The lowest BCUT2D eigenvalue weighted by atomic mass is 10.00. The number of hydrogen-bond acceptors (Lipinski definition) is 3. The Hall–Kier alpha value is -2.37. The van der Waals surface area contributed by atoms with E-state index in [-0.39, 0.29) is 29.9 Å². The zero-order valence-corrected chi connectivity index (χ0v) is 12.6. The number of carbonyl (C=O) groups is 1. The second kappa shape index (κ2) is 5.79. The van der Waals surface area contributed by atoms with Gasteiger partial charge in [0.2, 0.25) is 5.91 Å². The van der Waals surface area contributed by atoms with E-state index in [4.69, 9.17) is 4.74 Å². The average Bonchev–Trinajstić information content (AvgIpc) is 2.78. The maximum absolute atomic E-state index is 13.7. The van der Waals surface area contributed by atoms with E-state index in [0.717, 1.165) is 11.3 Å². The maximum Gasteiger partial charge on any atom is 0.225 e. The van der Waals surface area contributed by atoms with Crippen molar-refractivity contribution in [1.82, 2.24) is 15.1 Å². The monoisotopic (exact) mass is 303 g/mol. The number of hydrogen-bond donors (Lipinski definition) is 1. The van der Waals surface area contributed by atoms with Crippen LogP contribution < -0.4 is 10.1 Å². The second-order valence-corrected chi connectivity index (χ2v) is 5.51. The van der Waals surface area contributed by atoms with Crippen LogP contribution in [-0.2, 0) is 18.3 Å². The van der Waals surface area contributed by atoms with Crippen molar-refractivity contribution in [1.29, 1.82) is 0 Å². The summed E-state index contributed by atoms with van der Waals surface area (Å²) in [6.45, 7) is 2.27. The van der Waals surface area contributed by atoms with Gasteiger partial charge in [0, 0.05) is 30.8 Å². The topological polar surface area (TPSA) is 56.2 Å². The van der Waals surface area contributed by atoms with Crippen molar-refractivity contribution in [2.24, 2.45) is 7.05 Å². The molecular formula is C16H18FN3O2. The van der Waals surface area contributed by atoms with Crippen molar-refractivity contribution >= 4 is 5.91 Å². The number of amides is 1. The Balaban J connectivity index is 1.73. The standard InChI is InChI=1S/C16H18FN3O2/c1-10-11(9-20(2)19-10)8-15(21)18-14-6-7-22-16-12(14)4-3-5-13(16)17/h3-5,9,14H,6-8H2,1-2H3,(H,18,21)/t14-/m0/s1. The largest absolute Gasteiger partial charge is 0.490 e. The molecule has 3 rings (SSSR count). The highest BCUT2D eigenvalue weighted by molar-refractivity contribution is 5.79. The van der Waals surface area contributed by atoms with E-state index in [1.807, 2.05) is 20.2 Å². The molecule has 5 nitrogen and oxygen atoms in total. The van der Waals surface area contributed by atoms with Crippen LogP contribution in [0.25, 0.3) is 0 Å². The van der Waals surface area contributed by atoms with Gasteiger partial charge in [-0.15, -0.1) is 0 Å². The van der Waals surface area contributed by atoms with Gasteiger partial charge in [-0.05, 0) is 13.0 Å². The van der Waals surface area contributed by atoms with E-state index in [9.17, 15) is 9.18 Å². The van der Waals surface area contributed by atoms with Gasteiger partial charge in [0.25, 0.3) is 0 Å². The normalized spacial score (nSPS) is 16.8. The third-order valence-electron chi connectivity index (χ3n) is 3.83. The fourth-order valence-corrected chi connectivity index (χ4v) is 2.78. The van der Waals surface area contributed by atoms with Crippen LogP contribution in [0.1, 0.15) is 29.3 Å². The maximum atomic E-state index is 13.7. The number of benzene rings is 1. The molecule has 6 heteroatoms. The highest BCUT2D eigenvalue weighted by Crippen LogP contribution is 2.33. The summed E-state index contributed by atoms with van der Waals surface area (Å²) in [6, 6.07) is 4.57. The van der Waals surface area contributed by atoms with Gasteiger partial charge in [0.1, 0.15) is 0 Å². The number of rotatable bonds is 3. The van der Waals surface area contributed by atoms with Crippen LogP contribution in [0.3, 0.4) is 0 Å². The SMILES string of the molecule is Cc1nn(C)cc1CC(=O)N[C@H]1CCOc2c(F)cccc21. The third kappa shape index (κ3) is 2.81. The number of aryl methyl sites for hydroxylation is 2. The summed E-state index contributed by atoms with van der Waals surface area (Å²) in [4.78, 5) is 12.3. The first-order valence-corrected chi connectivity index (χ1v) is 7.24. The number of para-hydroxylation sites is 1. The summed E-state index contributed by atoms with van der Waals surface area (Å²) in [7, 11) is 1.83. The molecule has 0 saturated heterocycles. The molecule has 0 unspecified atom stereocenters. The van der Waals surface area contributed by atoms with E-state index < -0.39 is 0 Å². The molecule has 1 aromatic heterocycles. The Labute approximate surface area is 128 Å². The highest BCUT2D eigenvalue weighted by atomic mass is 19.1. The molecule has 1 amide bonds. The molecule has 22 heavy (non-hydrogen) atoms. The fourth-order valence-electron chi connectivity index (χ4n) is 2.78. The Bertz CT molecular complexity index is 711. The Kier molecular flexibility index (Phi) is 3.83. The molecule has 1 N–H and O–H groups in total. The zero-order valence-electron chi connectivity index (χ0n) is 12.6. The van der Waals surface area contributed by atoms with E-state index in [1.165, 1.54) is 6.07 Å². The second-order valence-electron chi connectivity index (χ2n) is 5.51. The summed E-state index contributed by atoms with van der Waals surface area (Å²) < 4.78 is 20.8. The Morgan fingerprint density at radius 1 is 1.55 bits per heavy atom. The predicted molar refractivity (Wildman–Crippen MR) is 79.0 cm³/mol. The van der Waals surface area contributed by atoms with Gasteiger partial charge in [-0.1, -0.05) is 12.1 Å². The molecule has 2 aromatic rings. The van der Waals surface area contributed by atoms with Crippen LogP contribution in [0.2, 0.25) is 0 Å². The molecule has 0 spiro atoms. The van der Waals surface area contributed by atoms with Crippen LogP contribution in [0.15, 0.2) is 24.4 Å². The minimum absolute atomic E-state index is 0.0989. The van der Waals surface area contributed by atoms with Crippen molar-refractivity contribution in [3.63, 3.8) is 0 Å². The van der Waals surface area contributed by atoms with Crippen molar-refractivity contribution < 1.29 is 13.9 Å². The van der Waals surface area contributed by atoms with E-state index in [2.05, 4.69) is 10.4 Å². The summed E-state index contributed by atoms with van der Waals surface area (Å²) in [5.74, 6) is -0.241. The van der Waals surface area contributed by atoms with Crippen LogP contribution >= 0.6 is 0 Å². The molecule has 0 radical (unpaired) electrons. The molecule has 1 aliphatic heterocycles. The van der Waals surface area contributed by atoms with Gasteiger partial charge in [-0.25, -0.2) is 4.39 Å². The third-order valence-corrected chi connectivity index (χ3v) is 3.83. The van der Waals surface area contributed by atoms with Crippen molar-refractivity contribution in [2.45, 2.75) is 25.8 Å². The lowest BCUT2D eigenvalue weighted by Gasteiger charge is -2.26. The van der Waals surface area contributed by atoms with Crippen molar-refractivity contribution in [3.8, 4) is 5.75 Å². The van der Waals surface area contributed by atoms with Gasteiger partial charge in [-0.3, -0.25) is 9.48 Å². The number of nitrogens with zero attached hydrogens (tertiary/aromatic N) is 2. The number of aromatic nitrogens is 2. The molecule has 0 saturated carbocycles. The highest BCUT2D eigenvalue weighted by Gasteiger charge is 2.25. The van der Waals surface area contributed by atoms with Gasteiger partial charge in [0.15, 0.2) is 11.6 Å². The first kappa shape index (κ1) is 14.6. The number of halogens is 1. The number of nitrogens with one attached hydrogen (secondary N) is 1. The Morgan fingerprint density at radius 3 is 3.09 bits per heavy atom. The van der Waals surface area contributed by atoms with Crippen LogP contribution in [0.5, 0.6) is 5.75 Å². The number of carbonyl (C=O) groups excluding carboxylic acids is 1. The molecule has 0 bridgehead atoms. The smallest absolute Gasteiger partial charge is 0.225 e. The summed E-state index contributed by atoms with van der Waals surface area (Å²) in [5.41, 5.74) is 2.44. The van der Waals surface area contributed by atoms with Crippen molar-refractivity contribution in [3.05, 3.63) is 47.0 Å². The summed E-state index contributed by atoms with van der Waals surface area (Å²) in [5, 5.41) is 7.19. The predicted octanol–water partition coefficient (Wildman–Crippen LogP) is 2.05. The minimum Gasteiger partial charge on any atom is -0.490 e. The number of fused-ring (bicyclic) bond motifs is 1. The molecule has 0 aliphatic carbocycles. The van der Waals surface area contributed by atoms with E-state index in [1.54, 1.807) is 16.8 Å². The molecule has 1 aromatic carbocycles. The zero-order chi connectivity index (χ0) is 15.7. The molecule has 0 fully saturated rings.